The van der Waals surface area contributed by atoms with Crippen LogP contribution < -0.4 is 5.32 Å². The Balaban J connectivity index is 2.04. The number of aryl methyl sites for hydroxylation is 1. The molecule has 0 radical (unpaired) electrons. The molecule has 1 heterocycles. The zero-order valence-corrected chi connectivity index (χ0v) is 10.3. The van der Waals surface area contributed by atoms with Crippen molar-refractivity contribution in [2.45, 2.75) is 26.1 Å². The summed E-state index contributed by atoms with van der Waals surface area (Å²) in [6, 6.07) is 0. The first-order valence-corrected chi connectivity index (χ1v) is 6.11. The highest BCUT2D eigenvalue weighted by atomic mass is 32.1. The molecule has 7 heteroatoms. The monoisotopic (exact) mass is 268 g/mol. The summed E-state index contributed by atoms with van der Waals surface area (Å²) in [5.74, 6) is 0. The van der Waals surface area contributed by atoms with Crippen LogP contribution in [0.25, 0.3) is 0 Å². The minimum atomic E-state index is -4.24. The number of aromatic nitrogens is 1. The number of rotatable bonds is 7. The van der Waals surface area contributed by atoms with Crippen molar-refractivity contribution < 1.29 is 17.9 Å². The lowest BCUT2D eigenvalue weighted by Gasteiger charge is -2.07. The van der Waals surface area contributed by atoms with Gasteiger partial charge < -0.3 is 10.1 Å². The zero-order chi connectivity index (χ0) is 12.7. The Bertz CT molecular complexity index is 328. The molecule has 0 spiro atoms. The normalized spacial score (nSPS) is 12.0. The van der Waals surface area contributed by atoms with Gasteiger partial charge in [0.2, 0.25) is 0 Å². The predicted molar refractivity (Wildman–Crippen MR) is 60.1 cm³/mol. The summed E-state index contributed by atoms with van der Waals surface area (Å²) in [4.78, 5) is 5.26. The lowest BCUT2D eigenvalue weighted by atomic mass is 10.5. The number of nitrogens with one attached hydrogen (secondary N) is 1. The topological polar surface area (TPSA) is 34.2 Å². The van der Waals surface area contributed by atoms with Gasteiger partial charge in [0.1, 0.15) is 6.61 Å². The Morgan fingerprint density at radius 1 is 1.47 bits per heavy atom. The smallest absolute Gasteiger partial charge is 0.371 e. The summed E-state index contributed by atoms with van der Waals surface area (Å²) in [5, 5.41) is 4.07. The van der Waals surface area contributed by atoms with Gasteiger partial charge in [-0.2, -0.15) is 13.2 Å². The number of alkyl halides is 3. The van der Waals surface area contributed by atoms with Gasteiger partial charge in [-0.15, -0.1) is 11.3 Å². The average molecular weight is 268 g/mol. The van der Waals surface area contributed by atoms with E-state index in [1.54, 1.807) is 17.5 Å². The molecule has 0 aliphatic carbocycles. The molecule has 1 rings (SSSR count). The van der Waals surface area contributed by atoms with Crippen LogP contribution in [0, 0.1) is 0 Å². The quantitative estimate of drug-likeness (QED) is 0.771. The molecular weight excluding hydrogens is 253 g/mol. The molecular formula is C10H15F3N2OS. The van der Waals surface area contributed by atoms with E-state index in [-0.39, 0.29) is 6.61 Å². The Morgan fingerprint density at radius 3 is 2.82 bits per heavy atom. The molecule has 98 valence electrons. The van der Waals surface area contributed by atoms with Crippen molar-refractivity contribution in [1.29, 1.82) is 0 Å². The van der Waals surface area contributed by atoms with E-state index in [1.165, 1.54) is 0 Å². The number of ether oxygens (including phenoxy) is 1. The van der Waals surface area contributed by atoms with Crippen LogP contribution in [0.15, 0.2) is 6.20 Å². The summed E-state index contributed by atoms with van der Waals surface area (Å²) >= 11 is 1.61. The Morgan fingerprint density at radius 2 is 2.24 bits per heavy atom. The van der Waals surface area contributed by atoms with Gasteiger partial charge in [-0.25, -0.2) is 4.98 Å². The van der Waals surface area contributed by atoms with Crippen molar-refractivity contribution in [3.63, 3.8) is 0 Å². The van der Waals surface area contributed by atoms with E-state index in [4.69, 9.17) is 0 Å². The van der Waals surface area contributed by atoms with Crippen LogP contribution in [0.5, 0.6) is 0 Å². The molecule has 17 heavy (non-hydrogen) atoms. The molecule has 0 atom stereocenters. The second-order valence-corrected chi connectivity index (χ2v) is 4.62. The molecule has 1 N–H and O–H groups in total. The van der Waals surface area contributed by atoms with Crippen molar-refractivity contribution in [1.82, 2.24) is 10.3 Å². The van der Waals surface area contributed by atoms with Crippen molar-refractivity contribution >= 4 is 11.3 Å². The Labute approximate surface area is 102 Å². The summed E-state index contributed by atoms with van der Waals surface area (Å²) in [7, 11) is 0. The predicted octanol–water partition coefficient (Wildman–Crippen LogP) is 2.37. The average Bonchev–Trinajstić information content (AvgIpc) is 2.69. The van der Waals surface area contributed by atoms with E-state index in [1.807, 2.05) is 6.92 Å². The molecule has 1 aromatic heterocycles. The van der Waals surface area contributed by atoms with E-state index >= 15 is 0 Å². The van der Waals surface area contributed by atoms with Gasteiger partial charge in [0.15, 0.2) is 0 Å². The molecule has 0 saturated heterocycles. The third-order valence-corrected chi connectivity index (χ3v) is 3.03. The molecule has 0 amide bonds. The van der Waals surface area contributed by atoms with Crippen molar-refractivity contribution in [3.8, 4) is 0 Å². The first-order chi connectivity index (χ1) is 8.01. The van der Waals surface area contributed by atoms with Gasteiger partial charge in [-0.05, 0) is 6.42 Å². The number of hydrogen-bond donors (Lipinski definition) is 1. The Hall–Kier alpha value is -0.660. The van der Waals surface area contributed by atoms with E-state index in [0.29, 0.717) is 13.1 Å². The van der Waals surface area contributed by atoms with E-state index in [0.717, 1.165) is 16.3 Å². The van der Waals surface area contributed by atoms with Crippen LogP contribution in [0.4, 0.5) is 13.2 Å². The summed E-state index contributed by atoms with van der Waals surface area (Å²) in [5.41, 5.74) is 0. The van der Waals surface area contributed by atoms with Crippen LogP contribution in [-0.4, -0.2) is 30.9 Å². The molecule has 0 bridgehead atoms. The fourth-order valence-corrected chi connectivity index (χ4v) is 1.97. The Kier molecular flexibility index (Phi) is 5.87. The standard InChI is InChI=1S/C10H15F3N2OS/c1-2-9-15-6-8(17-9)5-14-3-4-16-7-10(11,12)13/h6,14H,2-5,7H2,1H3. The molecule has 0 aliphatic heterocycles. The lowest BCUT2D eigenvalue weighted by molar-refractivity contribution is -0.173. The van der Waals surface area contributed by atoms with E-state index in [2.05, 4.69) is 15.0 Å². The summed E-state index contributed by atoms with van der Waals surface area (Å²) in [6.07, 6.45) is -1.56. The van der Waals surface area contributed by atoms with Crippen LogP contribution in [-0.2, 0) is 17.7 Å². The molecule has 0 fully saturated rings. The highest BCUT2D eigenvalue weighted by Crippen LogP contribution is 2.14. The van der Waals surface area contributed by atoms with E-state index < -0.39 is 12.8 Å². The van der Waals surface area contributed by atoms with Gasteiger partial charge in [0.05, 0.1) is 11.6 Å². The third-order valence-electron chi connectivity index (χ3n) is 1.89. The fourth-order valence-electron chi connectivity index (χ4n) is 1.14. The number of hydrogen-bond acceptors (Lipinski definition) is 4. The van der Waals surface area contributed by atoms with Crippen molar-refractivity contribution in [2.24, 2.45) is 0 Å². The summed E-state index contributed by atoms with van der Waals surface area (Å²) < 4.78 is 39.6. The highest BCUT2D eigenvalue weighted by Gasteiger charge is 2.27. The van der Waals surface area contributed by atoms with Crippen LogP contribution >= 0.6 is 11.3 Å². The first kappa shape index (κ1) is 14.4. The van der Waals surface area contributed by atoms with Crippen molar-refractivity contribution in [3.05, 3.63) is 16.1 Å². The number of nitrogens with zero attached hydrogens (tertiary/aromatic N) is 1. The zero-order valence-electron chi connectivity index (χ0n) is 9.51. The molecule has 0 unspecified atom stereocenters. The van der Waals surface area contributed by atoms with Crippen LogP contribution in [0.2, 0.25) is 0 Å². The fraction of sp³-hybridized carbons (Fsp3) is 0.700. The minimum Gasteiger partial charge on any atom is -0.371 e. The largest absolute Gasteiger partial charge is 0.411 e. The molecule has 3 nitrogen and oxygen atoms in total. The highest BCUT2D eigenvalue weighted by molar-refractivity contribution is 7.11. The maximum Gasteiger partial charge on any atom is 0.411 e. The van der Waals surface area contributed by atoms with Crippen LogP contribution in [0.3, 0.4) is 0 Å². The van der Waals surface area contributed by atoms with Gasteiger partial charge in [0, 0.05) is 24.2 Å². The lowest BCUT2D eigenvalue weighted by Crippen LogP contribution is -2.23. The van der Waals surface area contributed by atoms with Crippen molar-refractivity contribution in [2.75, 3.05) is 19.8 Å². The third kappa shape index (κ3) is 6.60. The number of thiazole rings is 1. The maximum atomic E-state index is 11.7. The molecule has 0 aromatic carbocycles. The van der Waals surface area contributed by atoms with Gasteiger partial charge in [-0.3, -0.25) is 0 Å². The second-order valence-electron chi connectivity index (χ2n) is 3.42. The number of halogens is 3. The molecule has 1 aromatic rings. The maximum absolute atomic E-state index is 11.7. The SMILES string of the molecule is CCc1ncc(CNCCOCC(F)(F)F)s1. The summed E-state index contributed by atoms with van der Waals surface area (Å²) in [6.45, 7) is 1.91. The first-order valence-electron chi connectivity index (χ1n) is 5.30. The van der Waals surface area contributed by atoms with Crippen LogP contribution in [0.1, 0.15) is 16.8 Å². The van der Waals surface area contributed by atoms with E-state index in [9.17, 15) is 13.2 Å². The van der Waals surface area contributed by atoms with Gasteiger partial charge in [-0.1, -0.05) is 6.92 Å². The van der Waals surface area contributed by atoms with Gasteiger partial charge >= 0.3 is 6.18 Å². The molecule has 0 saturated carbocycles. The van der Waals surface area contributed by atoms with Gasteiger partial charge in [0.25, 0.3) is 0 Å². The minimum absolute atomic E-state index is 0.0545. The molecule has 0 aliphatic rings. The second kappa shape index (κ2) is 6.93.